The number of thiazole rings is 1. The molecule has 0 spiro atoms. The number of rotatable bonds is 2. The molecule has 0 aromatic carbocycles. The Hall–Kier alpha value is -1.83. The van der Waals surface area contributed by atoms with Gasteiger partial charge >= 0.3 is 0 Å². The van der Waals surface area contributed by atoms with Crippen molar-refractivity contribution in [3.05, 3.63) is 35.1 Å². The molecule has 28 heavy (non-hydrogen) atoms. The van der Waals surface area contributed by atoms with E-state index in [1.807, 2.05) is 17.0 Å². The molecule has 1 saturated carbocycles. The molecule has 3 aliphatic rings. The topological polar surface area (TPSA) is 86.6 Å². The summed E-state index contributed by atoms with van der Waals surface area (Å²) in [5, 5.41) is 20.9. The third-order valence-electron chi connectivity index (χ3n) is 6.64. The van der Waals surface area contributed by atoms with Gasteiger partial charge in [0, 0.05) is 48.3 Å². The SMILES string of the molecule is O=C(C1CCc2sc(-c3ccncc3)nc2C1)N1C[C@H]2C[C@H](O)[C@H](O)C[C@H]2C1. The first-order valence-electron chi connectivity index (χ1n) is 10.1. The van der Waals surface area contributed by atoms with Crippen molar-refractivity contribution in [2.75, 3.05) is 13.1 Å². The highest BCUT2D eigenvalue weighted by atomic mass is 32.1. The average molecular weight is 400 g/mol. The molecule has 7 heteroatoms. The number of carbonyl (C=O) groups excluding carboxylic acids is 1. The normalized spacial score (nSPS) is 32.1. The maximum atomic E-state index is 13.2. The summed E-state index contributed by atoms with van der Waals surface area (Å²) in [7, 11) is 0. The average Bonchev–Trinajstić information content (AvgIpc) is 3.32. The van der Waals surface area contributed by atoms with Gasteiger partial charge in [-0.2, -0.15) is 0 Å². The Morgan fingerprint density at radius 1 is 1.11 bits per heavy atom. The molecule has 1 saturated heterocycles. The first kappa shape index (κ1) is 18.2. The van der Waals surface area contributed by atoms with Crippen molar-refractivity contribution in [1.29, 1.82) is 0 Å². The van der Waals surface area contributed by atoms with Crippen molar-refractivity contribution in [1.82, 2.24) is 14.9 Å². The zero-order valence-electron chi connectivity index (χ0n) is 15.7. The first-order chi connectivity index (χ1) is 13.6. The number of aliphatic hydroxyl groups excluding tert-OH is 2. The fourth-order valence-electron chi connectivity index (χ4n) is 5.05. The summed E-state index contributed by atoms with van der Waals surface area (Å²) in [5.41, 5.74) is 2.15. The number of fused-ring (bicyclic) bond motifs is 2. The van der Waals surface area contributed by atoms with Gasteiger partial charge in [-0.25, -0.2) is 4.98 Å². The lowest BCUT2D eigenvalue weighted by Crippen LogP contribution is -2.38. The van der Waals surface area contributed by atoms with Gasteiger partial charge in [0.2, 0.25) is 5.91 Å². The number of aromatic nitrogens is 2. The first-order valence-corrected chi connectivity index (χ1v) is 10.9. The number of amides is 1. The molecule has 5 rings (SSSR count). The van der Waals surface area contributed by atoms with E-state index in [9.17, 15) is 15.0 Å². The van der Waals surface area contributed by atoms with Crippen LogP contribution < -0.4 is 0 Å². The van der Waals surface area contributed by atoms with Gasteiger partial charge in [-0.1, -0.05) is 0 Å². The van der Waals surface area contributed by atoms with E-state index in [0.29, 0.717) is 31.1 Å². The van der Waals surface area contributed by atoms with E-state index in [0.717, 1.165) is 42.2 Å². The second-order valence-electron chi connectivity index (χ2n) is 8.43. The van der Waals surface area contributed by atoms with Crippen LogP contribution in [-0.2, 0) is 17.6 Å². The van der Waals surface area contributed by atoms with Gasteiger partial charge in [-0.05, 0) is 49.7 Å². The van der Waals surface area contributed by atoms with Gasteiger partial charge in [0.25, 0.3) is 0 Å². The molecule has 2 aromatic rings. The number of aryl methyl sites for hydroxylation is 1. The number of hydrogen-bond donors (Lipinski definition) is 2. The van der Waals surface area contributed by atoms with Crippen LogP contribution in [0, 0.1) is 17.8 Å². The van der Waals surface area contributed by atoms with Crippen molar-refractivity contribution in [3.63, 3.8) is 0 Å². The van der Waals surface area contributed by atoms with Crippen LogP contribution in [0.1, 0.15) is 29.8 Å². The van der Waals surface area contributed by atoms with Gasteiger partial charge in [0.1, 0.15) is 5.01 Å². The molecular formula is C21H25N3O3S. The highest BCUT2D eigenvalue weighted by molar-refractivity contribution is 7.15. The summed E-state index contributed by atoms with van der Waals surface area (Å²) >= 11 is 1.73. The minimum absolute atomic E-state index is 0.00473. The van der Waals surface area contributed by atoms with Gasteiger partial charge in [-0.3, -0.25) is 9.78 Å². The van der Waals surface area contributed by atoms with Crippen molar-refractivity contribution in [3.8, 4) is 10.6 Å². The largest absolute Gasteiger partial charge is 0.390 e. The number of aliphatic hydroxyl groups is 2. The van der Waals surface area contributed by atoms with Crippen LogP contribution in [0.3, 0.4) is 0 Å². The summed E-state index contributed by atoms with van der Waals surface area (Å²) in [6, 6.07) is 3.95. The number of hydrogen-bond acceptors (Lipinski definition) is 6. The molecule has 2 N–H and O–H groups in total. The third-order valence-corrected chi connectivity index (χ3v) is 7.84. The summed E-state index contributed by atoms with van der Waals surface area (Å²) in [5.74, 6) is 0.857. The van der Waals surface area contributed by atoms with Gasteiger partial charge in [-0.15, -0.1) is 11.3 Å². The van der Waals surface area contributed by atoms with Crippen molar-refractivity contribution in [2.45, 2.75) is 44.3 Å². The van der Waals surface area contributed by atoms with E-state index >= 15 is 0 Å². The van der Waals surface area contributed by atoms with Crippen LogP contribution in [0.15, 0.2) is 24.5 Å². The highest BCUT2D eigenvalue weighted by Crippen LogP contribution is 2.39. The Labute approximate surface area is 168 Å². The van der Waals surface area contributed by atoms with E-state index in [1.54, 1.807) is 23.7 Å². The van der Waals surface area contributed by atoms with E-state index in [4.69, 9.17) is 4.98 Å². The summed E-state index contributed by atoms with van der Waals surface area (Å²) in [6.45, 7) is 1.44. The van der Waals surface area contributed by atoms with Crippen molar-refractivity contribution >= 4 is 17.2 Å². The summed E-state index contributed by atoms with van der Waals surface area (Å²) in [6.07, 6.45) is 5.98. The molecule has 2 fully saturated rings. The maximum absolute atomic E-state index is 13.2. The fraction of sp³-hybridized carbons (Fsp3) is 0.571. The highest BCUT2D eigenvalue weighted by Gasteiger charge is 2.43. The second-order valence-corrected chi connectivity index (χ2v) is 9.52. The zero-order valence-corrected chi connectivity index (χ0v) is 16.5. The predicted octanol–water partition coefficient (Wildman–Crippen LogP) is 1.90. The maximum Gasteiger partial charge on any atom is 0.226 e. The van der Waals surface area contributed by atoms with E-state index in [2.05, 4.69) is 4.98 Å². The Balaban J connectivity index is 1.28. The van der Waals surface area contributed by atoms with Crippen LogP contribution in [0.2, 0.25) is 0 Å². The molecule has 1 aliphatic heterocycles. The molecule has 148 valence electrons. The molecule has 2 aliphatic carbocycles. The van der Waals surface area contributed by atoms with Crippen LogP contribution in [0.25, 0.3) is 10.6 Å². The quantitative estimate of drug-likeness (QED) is 0.806. The molecule has 5 atom stereocenters. The number of pyridine rings is 1. The molecule has 1 unspecified atom stereocenters. The molecule has 0 bridgehead atoms. The molecular weight excluding hydrogens is 374 g/mol. The van der Waals surface area contributed by atoms with Gasteiger partial charge in [0.05, 0.1) is 17.9 Å². The van der Waals surface area contributed by atoms with E-state index in [1.165, 1.54) is 4.88 Å². The zero-order chi connectivity index (χ0) is 19.3. The second kappa shape index (κ2) is 7.21. The standard InChI is InChI=1S/C21H25N3O3S/c25-17-8-14-10-24(11-15(14)9-18(17)26)21(27)13-1-2-19-16(7-13)23-20(28-19)12-3-5-22-6-4-12/h3-6,13-15,17-18,25-26H,1-2,7-11H2/t13?,14-,15+,17+,18-. The Morgan fingerprint density at radius 2 is 1.79 bits per heavy atom. The van der Waals surface area contributed by atoms with E-state index < -0.39 is 12.2 Å². The van der Waals surface area contributed by atoms with Gasteiger partial charge < -0.3 is 15.1 Å². The number of nitrogens with zero attached hydrogens (tertiary/aromatic N) is 3. The van der Waals surface area contributed by atoms with Crippen LogP contribution in [-0.4, -0.2) is 56.3 Å². The lowest BCUT2D eigenvalue weighted by Gasteiger charge is -2.31. The minimum atomic E-state index is -0.643. The summed E-state index contributed by atoms with van der Waals surface area (Å²) in [4.78, 5) is 25.3. The van der Waals surface area contributed by atoms with E-state index in [-0.39, 0.29) is 11.8 Å². The smallest absolute Gasteiger partial charge is 0.226 e. The van der Waals surface area contributed by atoms with Crippen molar-refractivity contribution in [2.24, 2.45) is 17.8 Å². The number of likely N-dealkylation sites (tertiary alicyclic amines) is 1. The van der Waals surface area contributed by atoms with Crippen molar-refractivity contribution < 1.29 is 15.0 Å². The lowest BCUT2D eigenvalue weighted by atomic mass is 9.79. The van der Waals surface area contributed by atoms with Crippen LogP contribution in [0.4, 0.5) is 0 Å². The van der Waals surface area contributed by atoms with Crippen LogP contribution in [0.5, 0.6) is 0 Å². The Bertz CT molecular complexity index is 853. The lowest BCUT2D eigenvalue weighted by molar-refractivity contribution is -0.135. The number of carbonyl (C=O) groups is 1. The fourth-order valence-corrected chi connectivity index (χ4v) is 6.16. The molecule has 0 radical (unpaired) electrons. The minimum Gasteiger partial charge on any atom is -0.390 e. The summed E-state index contributed by atoms with van der Waals surface area (Å²) < 4.78 is 0. The van der Waals surface area contributed by atoms with Gasteiger partial charge in [0.15, 0.2) is 0 Å². The molecule has 1 amide bonds. The Morgan fingerprint density at radius 3 is 2.46 bits per heavy atom. The molecule has 6 nitrogen and oxygen atoms in total. The monoisotopic (exact) mass is 399 g/mol. The molecule has 3 heterocycles. The Kier molecular flexibility index (Phi) is 4.69. The predicted molar refractivity (Wildman–Crippen MR) is 106 cm³/mol. The third kappa shape index (κ3) is 3.25. The van der Waals surface area contributed by atoms with Crippen LogP contribution >= 0.6 is 11.3 Å². The molecule has 2 aromatic heterocycles.